The Morgan fingerprint density at radius 1 is 1.17 bits per heavy atom. The number of hydrogen-bond acceptors (Lipinski definition) is 6. The molecule has 9 nitrogen and oxygen atoms in total. The summed E-state index contributed by atoms with van der Waals surface area (Å²) in [6, 6.07) is 1.93. The summed E-state index contributed by atoms with van der Waals surface area (Å²) in [5.41, 5.74) is 5.73. The number of hydrogen-bond donors (Lipinski definition) is 1. The average molecular weight is 427 g/mol. The topological polar surface area (TPSA) is 119 Å². The van der Waals surface area contributed by atoms with E-state index in [2.05, 4.69) is 5.16 Å². The van der Waals surface area contributed by atoms with Crippen LogP contribution in [0.15, 0.2) is 10.6 Å². The van der Waals surface area contributed by atoms with Crippen molar-refractivity contribution < 1.29 is 22.5 Å². The van der Waals surface area contributed by atoms with Crippen LogP contribution in [0.4, 0.5) is 0 Å². The second-order valence-electron chi connectivity index (χ2n) is 8.48. The number of morpholine rings is 1. The van der Waals surface area contributed by atoms with Crippen LogP contribution in [0.2, 0.25) is 0 Å². The van der Waals surface area contributed by atoms with Crippen LogP contribution in [-0.4, -0.2) is 67.5 Å². The number of nitrogens with zero attached hydrogens (tertiary/aromatic N) is 3. The maximum Gasteiger partial charge on any atom is 0.282 e. The fourth-order valence-electron chi connectivity index (χ4n) is 4.74. The van der Waals surface area contributed by atoms with Gasteiger partial charge in [-0.1, -0.05) is 24.4 Å². The molecule has 3 fully saturated rings. The van der Waals surface area contributed by atoms with E-state index >= 15 is 0 Å². The van der Waals surface area contributed by atoms with Crippen LogP contribution in [0.1, 0.15) is 55.9 Å². The maximum atomic E-state index is 13.0. The Morgan fingerprint density at radius 3 is 2.59 bits per heavy atom. The summed E-state index contributed by atoms with van der Waals surface area (Å²) in [6.07, 6.45) is 6.54. The zero-order chi connectivity index (χ0) is 20.5. The molecule has 2 aliphatic heterocycles. The van der Waals surface area contributed by atoms with Gasteiger partial charge in [-0.15, -0.1) is 0 Å². The molecule has 0 aromatic carbocycles. The summed E-state index contributed by atoms with van der Waals surface area (Å²) in [5.74, 6) is 0.523. The van der Waals surface area contributed by atoms with E-state index in [0.717, 1.165) is 18.5 Å². The van der Waals surface area contributed by atoms with Crippen molar-refractivity contribution in [3.05, 3.63) is 17.5 Å². The van der Waals surface area contributed by atoms with Crippen LogP contribution in [0.3, 0.4) is 0 Å². The van der Waals surface area contributed by atoms with Gasteiger partial charge < -0.3 is 15.0 Å². The van der Waals surface area contributed by atoms with Gasteiger partial charge in [0.05, 0.1) is 24.3 Å². The first-order valence-corrected chi connectivity index (χ1v) is 11.9. The highest BCUT2D eigenvalue weighted by atomic mass is 32.2. The molecule has 0 unspecified atom stereocenters. The van der Waals surface area contributed by atoms with Crippen LogP contribution < -0.4 is 5.73 Å². The molecule has 10 heteroatoms. The number of rotatable bonds is 6. The summed E-state index contributed by atoms with van der Waals surface area (Å²) >= 11 is 0. The molecule has 4 rings (SSSR count). The molecule has 1 saturated carbocycles. The zero-order valence-electron chi connectivity index (χ0n) is 16.7. The molecule has 0 radical (unpaired) electrons. The minimum absolute atomic E-state index is 0.0709. The van der Waals surface area contributed by atoms with Crippen molar-refractivity contribution >= 4 is 16.1 Å². The lowest BCUT2D eigenvalue weighted by molar-refractivity contribution is -0.127. The lowest BCUT2D eigenvalue weighted by atomic mass is 9.81. The van der Waals surface area contributed by atoms with E-state index in [9.17, 15) is 13.2 Å². The third-order valence-electron chi connectivity index (χ3n) is 6.58. The molecule has 1 aromatic rings. The van der Waals surface area contributed by atoms with Crippen molar-refractivity contribution in [3.63, 3.8) is 0 Å². The lowest BCUT2D eigenvalue weighted by Gasteiger charge is -2.31. The number of amides is 1. The van der Waals surface area contributed by atoms with Crippen LogP contribution in [0.5, 0.6) is 0 Å². The molecule has 0 bridgehead atoms. The van der Waals surface area contributed by atoms with E-state index in [1.807, 2.05) is 6.07 Å². The summed E-state index contributed by atoms with van der Waals surface area (Å²) in [5, 5.41) is 4.23. The molecule has 3 aliphatic rings. The molecule has 1 amide bonds. The molecule has 2 N–H and O–H groups in total. The molecule has 162 valence electrons. The average Bonchev–Trinajstić information content (AvgIpc) is 3.38. The van der Waals surface area contributed by atoms with Gasteiger partial charge in [-0.25, -0.2) is 0 Å². The molecule has 1 aromatic heterocycles. The second kappa shape index (κ2) is 8.33. The van der Waals surface area contributed by atoms with Gasteiger partial charge >= 0.3 is 0 Å². The molecule has 29 heavy (non-hydrogen) atoms. The van der Waals surface area contributed by atoms with Gasteiger partial charge in [0.1, 0.15) is 5.76 Å². The monoisotopic (exact) mass is 426 g/mol. The van der Waals surface area contributed by atoms with E-state index in [1.54, 1.807) is 0 Å². The molecule has 1 aliphatic carbocycles. The molecule has 2 saturated heterocycles. The van der Waals surface area contributed by atoms with Gasteiger partial charge in [-0.2, -0.15) is 17.0 Å². The fourth-order valence-corrected chi connectivity index (χ4v) is 6.41. The lowest BCUT2D eigenvalue weighted by Crippen LogP contribution is -2.49. The van der Waals surface area contributed by atoms with Crippen LogP contribution in [0.25, 0.3) is 0 Å². The minimum atomic E-state index is -3.64. The first-order valence-electron chi connectivity index (χ1n) is 10.5. The van der Waals surface area contributed by atoms with E-state index in [-0.39, 0.29) is 19.5 Å². The number of ether oxygens (including phenoxy) is 1. The van der Waals surface area contributed by atoms with Crippen molar-refractivity contribution in [2.45, 2.75) is 50.9 Å². The Hall–Kier alpha value is -1.49. The van der Waals surface area contributed by atoms with Crippen molar-refractivity contribution in [1.29, 1.82) is 0 Å². The Morgan fingerprint density at radius 2 is 1.90 bits per heavy atom. The van der Waals surface area contributed by atoms with Crippen molar-refractivity contribution in [1.82, 2.24) is 13.8 Å². The quantitative estimate of drug-likeness (QED) is 0.725. The Labute approximate surface area is 171 Å². The van der Waals surface area contributed by atoms with Gasteiger partial charge in [0.25, 0.3) is 10.2 Å². The third kappa shape index (κ3) is 4.21. The third-order valence-corrected chi connectivity index (χ3v) is 8.56. The molecule has 1 atom stereocenters. The van der Waals surface area contributed by atoms with Gasteiger partial charge in [-0.05, 0) is 19.3 Å². The van der Waals surface area contributed by atoms with E-state index in [1.165, 1.54) is 27.9 Å². The summed E-state index contributed by atoms with van der Waals surface area (Å²) in [7, 11) is -3.64. The Balaban J connectivity index is 1.48. The van der Waals surface area contributed by atoms with Crippen LogP contribution in [0, 0.1) is 5.41 Å². The Kier molecular flexibility index (Phi) is 5.97. The first-order chi connectivity index (χ1) is 13.9. The van der Waals surface area contributed by atoms with Gasteiger partial charge in [0.15, 0.2) is 0 Å². The van der Waals surface area contributed by atoms with Crippen molar-refractivity contribution in [2.75, 3.05) is 39.4 Å². The summed E-state index contributed by atoms with van der Waals surface area (Å²) < 4.78 is 39.5. The minimum Gasteiger partial charge on any atom is -0.379 e. The van der Waals surface area contributed by atoms with Crippen LogP contribution >= 0.6 is 0 Å². The molecular weight excluding hydrogens is 396 g/mol. The largest absolute Gasteiger partial charge is 0.379 e. The predicted molar refractivity (Wildman–Crippen MR) is 105 cm³/mol. The number of carbonyl (C=O) groups excluding carboxylic acids is 1. The molecular formula is C19H30N4O5S. The highest BCUT2D eigenvalue weighted by Gasteiger charge is 2.49. The number of nitrogens with two attached hydrogens (primary N) is 1. The predicted octanol–water partition coefficient (Wildman–Crippen LogP) is 1.02. The van der Waals surface area contributed by atoms with Gasteiger partial charge in [0.2, 0.25) is 5.91 Å². The standard InChI is InChI=1S/C19H30N4O5S/c20-18(24)19(13-16-12-17(21-28-16)15-4-2-1-3-5-15)6-7-23(14-19)29(25,26)22-8-10-27-11-9-22/h12,15H,1-11,13-14H2,(H2,20,24)/t19-/m1/s1. The maximum absolute atomic E-state index is 13.0. The molecule has 3 heterocycles. The van der Waals surface area contributed by atoms with E-state index in [0.29, 0.717) is 44.4 Å². The molecule has 0 spiro atoms. The normalized spacial score (nSPS) is 28.0. The first kappa shape index (κ1) is 20.8. The number of primary amides is 1. The zero-order valence-corrected chi connectivity index (χ0v) is 17.5. The number of aromatic nitrogens is 1. The SMILES string of the molecule is NC(=O)[C@@]1(Cc2cc(C3CCCCC3)no2)CCN(S(=O)(=O)N2CCOCC2)C1. The van der Waals surface area contributed by atoms with Gasteiger partial charge in [0, 0.05) is 44.6 Å². The van der Waals surface area contributed by atoms with E-state index < -0.39 is 21.5 Å². The Bertz CT molecular complexity index is 829. The van der Waals surface area contributed by atoms with Gasteiger partial charge in [-0.3, -0.25) is 4.79 Å². The van der Waals surface area contributed by atoms with Crippen molar-refractivity contribution in [3.8, 4) is 0 Å². The fraction of sp³-hybridized carbons (Fsp3) is 0.789. The van der Waals surface area contributed by atoms with Crippen LogP contribution in [-0.2, 0) is 26.2 Å². The highest BCUT2D eigenvalue weighted by Crippen LogP contribution is 2.38. The summed E-state index contributed by atoms with van der Waals surface area (Å²) in [4.78, 5) is 12.4. The van der Waals surface area contributed by atoms with Crippen molar-refractivity contribution in [2.24, 2.45) is 11.1 Å². The van der Waals surface area contributed by atoms with E-state index in [4.69, 9.17) is 15.0 Å². The number of carbonyl (C=O) groups is 1. The second-order valence-corrected chi connectivity index (χ2v) is 10.4. The summed E-state index contributed by atoms with van der Waals surface area (Å²) in [6.45, 7) is 1.77. The highest BCUT2D eigenvalue weighted by molar-refractivity contribution is 7.86. The smallest absolute Gasteiger partial charge is 0.282 e.